The van der Waals surface area contributed by atoms with Crippen LogP contribution in [0.3, 0.4) is 0 Å². The van der Waals surface area contributed by atoms with Crippen LogP contribution in [-0.4, -0.2) is 24.1 Å². The molecule has 0 saturated heterocycles. The van der Waals surface area contributed by atoms with Gasteiger partial charge in [0.05, 0.1) is 12.1 Å². The van der Waals surface area contributed by atoms with Crippen LogP contribution in [0, 0.1) is 0 Å². The number of primary amides is 1. The van der Waals surface area contributed by atoms with Crippen molar-refractivity contribution in [1.82, 2.24) is 0 Å². The maximum atomic E-state index is 11.4. The number of nitrogens with two attached hydrogens (primary N) is 1. The molecule has 2 rings (SSSR count). The molecule has 1 aliphatic rings. The van der Waals surface area contributed by atoms with E-state index in [0.29, 0.717) is 17.7 Å². The molecule has 0 unspecified atom stereocenters. The lowest BCUT2D eigenvalue weighted by molar-refractivity contribution is -0.114. The summed E-state index contributed by atoms with van der Waals surface area (Å²) in [5, 5.41) is 10.1. The fourth-order valence-electron chi connectivity index (χ4n) is 2.41. The van der Waals surface area contributed by atoms with Crippen molar-refractivity contribution in [2.24, 2.45) is 5.73 Å². The van der Waals surface area contributed by atoms with Crippen LogP contribution in [0.1, 0.15) is 31.7 Å². The molecule has 0 aliphatic carbocycles. The summed E-state index contributed by atoms with van der Waals surface area (Å²) in [6.45, 7) is 3.42. The van der Waals surface area contributed by atoms with E-state index < -0.39 is 5.91 Å². The number of aliphatic hydroxyl groups is 1. The fourth-order valence-corrected chi connectivity index (χ4v) is 2.41. The molecule has 0 bridgehead atoms. The van der Waals surface area contributed by atoms with Gasteiger partial charge in [0.2, 0.25) is 5.91 Å². The summed E-state index contributed by atoms with van der Waals surface area (Å²) in [7, 11) is 0. The van der Waals surface area contributed by atoms with Gasteiger partial charge in [-0.15, -0.1) is 0 Å². The quantitative estimate of drug-likeness (QED) is 0.799. The first kappa shape index (κ1) is 13.5. The second kappa shape index (κ2) is 5.78. The van der Waals surface area contributed by atoms with Crippen LogP contribution in [0.25, 0.3) is 5.76 Å². The second-order valence-corrected chi connectivity index (χ2v) is 4.84. The number of unbranched alkanes of at least 4 members (excludes halogenated alkanes) is 2. The third-order valence-corrected chi connectivity index (χ3v) is 3.46. The van der Waals surface area contributed by atoms with E-state index in [0.717, 1.165) is 31.5 Å². The van der Waals surface area contributed by atoms with Crippen LogP contribution in [-0.2, 0) is 4.79 Å². The van der Waals surface area contributed by atoms with Crippen molar-refractivity contribution in [2.75, 3.05) is 18.0 Å². The number of anilines is 1. The average molecular weight is 260 g/mol. The number of carbonyl (C=O) groups is 1. The Kier molecular flexibility index (Phi) is 4.10. The van der Waals surface area contributed by atoms with Gasteiger partial charge in [-0.1, -0.05) is 31.9 Å². The number of fused-ring (bicyclic) bond motifs is 1. The molecule has 1 amide bonds. The number of carbonyl (C=O) groups excluding carboxylic acids is 1. The van der Waals surface area contributed by atoms with Crippen LogP contribution in [0.2, 0.25) is 0 Å². The third-order valence-electron chi connectivity index (χ3n) is 3.46. The van der Waals surface area contributed by atoms with E-state index in [4.69, 9.17) is 5.73 Å². The molecule has 1 aliphatic heterocycles. The van der Waals surface area contributed by atoms with Crippen molar-refractivity contribution >= 4 is 17.4 Å². The zero-order valence-corrected chi connectivity index (χ0v) is 11.2. The summed E-state index contributed by atoms with van der Waals surface area (Å²) < 4.78 is 0. The van der Waals surface area contributed by atoms with Gasteiger partial charge in [0.1, 0.15) is 5.76 Å². The number of nitrogens with zero attached hydrogens (tertiary/aromatic N) is 1. The van der Waals surface area contributed by atoms with E-state index >= 15 is 0 Å². The topological polar surface area (TPSA) is 66.6 Å². The summed E-state index contributed by atoms with van der Waals surface area (Å²) in [4.78, 5) is 13.5. The molecule has 4 heteroatoms. The third kappa shape index (κ3) is 2.72. The Morgan fingerprint density at radius 3 is 2.79 bits per heavy atom. The Balaban J connectivity index is 2.32. The lowest BCUT2D eigenvalue weighted by Gasteiger charge is -2.31. The fraction of sp³-hybridized carbons (Fsp3) is 0.400. The minimum absolute atomic E-state index is 0.0230. The van der Waals surface area contributed by atoms with Gasteiger partial charge in [0, 0.05) is 17.8 Å². The van der Waals surface area contributed by atoms with Crippen molar-refractivity contribution in [3.05, 3.63) is 35.4 Å². The summed E-state index contributed by atoms with van der Waals surface area (Å²) >= 11 is 0. The number of aliphatic hydroxyl groups excluding tert-OH is 1. The Bertz CT molecular complexity index is 509. The number of hydrogen-bond acceptors (Lipinski definition) is 3. The average Bonchev–Trinajstić information content (AvgIpc) is 2.41. The van der Waals surface area contributed by atoms with E-state index in [-0.39, 0.29) is 5.76 Å². The predicted octanol–water partition coefficient (Wildman–Crippen LogP) is 2.45. The first-order valence-corrected chi connectivity index (χ1v) is 6.71. The van der Waals surface area contributed by atoms with Gasteiger partial charge in [-0.3, -0.25) is 4.79 Å². The van der Waals surface area contributed by atoms with Gasteiger partial charge in [-0.25, -0.2) is 0 Å². The normalized spacial score (nSPS) is 14.5. The first-order chi connectivity index (χ1) is 9.15. The van der Waals surface area contributed by atoms with Crippen LogP contribution in [0.4, 0.5) is 5.69 Å². The Labute approximate surface area is 113 Å². The molecule has 1 aromatic rings. The minimum atomic E-state index is -0.549. The van der Waals surface area contributed by atoms with Gasteiger partial charge in [0.15, 0.2) is 0 Å². The summed E-state index contributed by atoms with van der Waals surface area (Å²) in [5.41, 5.74) is 7.32. The molecule has 102 valence electrons. The molecule has 3 N–H and O–H groups in total. The summed E-state index contributed by atoms with van der Waals surface area (Å²) in [6.07, 6.45) is 3.37. The van der Waals surface area contributed by atoms with Crippen LogP contribution < -0.4 is 10.6 Å². The molecule has 0 atom stereocenters. The molecule has 0 fully saturated rings. The van der Waals surface area contributed by atoms with Crippen molar-refractivity contribution in [3.63, 3.8) is 0 Å². The van der Waals surface area contributed by atoms with Crippen molar-refractivity contribution in [2.45, 2.75) is 26.2 Å². The number of benzene rings is 1. The molecule has 0 saturated carbocycles. The highest BCUT2D eigenvalue weighted by Crippen LogP contribution is 2.33. The van der Waals surface area contributed by atoms with Crippen LogP contribution >= 0.6 is 0 Å². The number of para-hydroxylation sites is 1. The molecule has 1 aromatic carbocycles. The van der Waals surface area contributed by atoms with Gasteiger partial charge >= 0.3 is 0 Å². The molecule has 19 heavy (non-hydrogen) atoms. The van der Waals surface area contributed by atoms with E-state index in [2.05, 4.69) is 11.8 Å². The molecule has 0 radical (unpaired) electrons. The van der Waals surface area contributed by atoms with Gasteiger partial charge in [0.25, 0.3) is 0 Å². The zero-order valence-electron chi connectivity index (χ0n) is 11.2. The number of hydrogen-bond donors (Lipinski definition) is 2. The smallest absolute Gasteiger partial charge is 0.250 e. The van der Waals surface area contributed by atoms with Gasteiger partial charge in [-0.05, 0) is 18.6 Å². The van der Waals surface area contributed by atoms with Crippen molar-refractivity contribution in [3.8, 4) is 0 Å². The van der Waals surface area contributed by atoms with E-state index in [1.54, 1.807) is 0 Å². The molecule has 1 heterocycles. The zero-order chi connectivity index (χ0) is 13.8. The summed E-state index contributed by atoms with van der Waals surface area (Å²) in [5.74, 6) is -0.526. The Morgan fingerprint density at radius 1 is 1.37 bits per heavy atom. The number of amides is 1. The van der Waals surface area contributed by atoms with E-state index in [1.165, 1.54) is 0 Å². The first-order valence-electron chi connectivity index (χ1n) is 6.71. The predicted molar refractivity (Wildman–Crippen MR) is 76.9 cm³/mol. The Hall–Kier alpha value is -1.97. The maximum Gasteiger partial charge on any atom is 0.250 e. The molecular formula is C15H20N2O2. The molecule has 0 aromatic heterocycles. The van der Waals surface area contributed by atoms with Crippen LogP contribution in [0.5, 0.6) is 0 Å². The van der Waals surface area contributed by atoms with Gasteiger partial charge < -0.3 is 15.7 Å². The van der Waals surface area contributed by atoms with E-state index in [9.17, 15) is 9.90 Å². The minimum Gasteiger partial charge on any atom is -0.507 e. The van der Waals surface area contributed by atoms with Crippen molar-refractivity contribution < 1.29 is 9.90 Å². The molecule has 4 nitrogen and oxygen atoms in total. The standard InChI is InChI=1S/C15H20N2O2/c1-2-3-6-9-17-10-12(15(16)19)14(18)11-7-4-5-8-13(11)17/h4-5,7-8,18H,2-3,6,9-10H2,1H3,(H2,16,19). The largest absolute Gasteiger partial charge is 0.507 e. The highest BCUT2D eigenvalue weighted by molar-refractivity contribution is 6.02. The highest BCUT2D eigenvalue weighted by atomic mass is 16.3. The lowest BCUT2D eigenvalue weighted by atomic mass is 9.99. The molecule has 0 spiro atoms. The maximum absolute atomic E-state index is 11.4. The second-order valence-electron chi connectivity index (χ2n) is 4.84. The monoisotopic (exact) mass is 260 g/mol. The molecular weight excluding hydrogens is 240 g/mol. The van der Waals surface area contributed by atoms with Crippen molar-refractivity contribution in [1.29, 1.82) is 0 Å². The SMILES string of the molecule is CCCCCN1CC(C(N)=O)=C(O)c2ccccc21. The highest BCUT2D eigenvalue weighted by Gasteiger charge is 2.26. The summed E-state index contributed by atoms with van der Waals surface area (Å²) in [6, 6.07) is 7.58. The van der Waals surface area contributed by atoms with Gasteiger partial charge in [-0.2, -0.15) is 0 Å². The Morgan fingerprint density at radius 2 is 2.11 bits per heavy atom. The number of rotatable bonds is 5. The van der Waals surface area contributed by atoms with Crippen LogP contribution in [0.15, 0.2) is 29.8 Å². The van der Waals surface area contributed by atoms with E-state index in [1.807, 2.05) is 24.3 Å². The lowest BCUT2D eigenvalue weighted by Crippen LogP contribution is -2.35.